The first-order valence-electron chi connectivity index (χ1n) is 7.63. The molecule has 8 nitrogen and oxygen atoms in total. The third-order valence-electron chi connectivity index (χ3n) is 3.46. The van der Waals surface area contributed by atoms with Crippen LogP contribution in [0.1, 0.15) is 5.82 Å². The molecule has 1 aromatic carbocycles. The largest absolute Gasteiger partial charge is 0.573 e. The van der Waals surface area contributed by atoms with E-state index >= 15 is 0 Å². The van der Waals surface area contributed by atoms with E-state index in [-0.39, 0.29) is 11.3 Å². The van der Waals surface area contributed by atoms with Crippen LogP contribution in [0.4, 0.5) is 13.2 Å². The van der Waals surface area contributed by atoms with Gasteiger partial charge in [0.05, 0.1) is 17.0 Å². The summed E-state index contributed by atoms with van der Waals surface area (Å²) in [5, 5.41) is 13.5. The molecule has 0 aliphatic heterocycles. The number of ether oxygens (including phenoxy) is 1. The number of thiophene rings is 1. The van der Waals surface area contributed by atoms with Gasteiger partial charge in [0.2, 0.25) is 5.16 Å². The molecule has 0 aliphatic rings. The number of thioether (sulfide) groups is 1. The van der Waals surface area contributed by atoms with Crippen LogP contribution in [-0.2, 0) is 5.75 Å². The third kappa shape index (κ3) is 3.99. The minimum absolute atomic E-state index is 0.213. The summed E-state index contributed by atoms with van der Waals surface area (Å²) < 4.78 is 42.5. The van der Waals surface area contributed by atoms with Crippen molar-refractivity contribution in [2.45, 2.75) is 17.3 Å². The SMILES string of the molecule is O=c1[nH]c(CSc2nnnn2-c2ccc(OC(F)(F)F)cc2)nc2ccsc12. The van der Waals surface area contributed by atoms with Crippen molar-refractivity contribution in [1.29, 1.82) is 0 Å². The standard InChI is InChI=1S/C15H9F3N6O2S2/c16-15(17,18)26-9-3-1-8(2-4-9)24-14(21-22-23-24)28-7-11-19-10-5-6-27-12(10)13(25)20-11/h1-6H,7H2,(H,19,20,25). The van der Waals surface area contributed by atoms with E-state index < -0.39 is 6.36 Å². The van der Waals surface area contributed by atoms with E-state index in [0.29, 0.717) is 32.6 Å². The number of rotatable bonds is 5. The Kier molecular flexibility index (Phi) is 4.77. The number of halogens is 3. The average molecular weight is 426 g/mol. The topological polar surface area (TPSA) is 98.6 Å². The van der Waals surface area contributed by atoms with Crippen LogP contribution in [0.15, 0.2) is 45.7 Å². The molecule has 0 bridgehead atoms. The van der Waals surface area contributed by atoms with Gasteiger partial charge in [-0.15, -0.1) is 29.6 Å². The number of hydrogen-bond acceptors (Lipinski definition) is 8. The Hall–Kier alpha value is -2.93. The first-order valence-corrected chi connectivity index (χ1v) is 9.49. The quantitative estimate of drug-likeness (QED) is 0.490. The molecule has 3 aromatic heterocycles. The molecule has 3 heterocycles. The van der Waals surface area contributed by atoms with Crippen LogP contribution in [0, 0.1) is 0 Å². The number of alkyl halides is 3. The van der Waals surface area contributed by atoms with Crippen molar-refractivity contribution in [3.63, 3.8) is 0 Å². The number of H-pyrrole nitrogens is 1. The maximum atomic E-state index is 12.3. The summed E-state index contributed by atoms with van der Waals surface area (Å²) in [6, 6.07) is 6.90. The first kappa shape index (κ1) is 18.4. The molecule has 0 atom stereocenters. The lowest BCUT2D eigenvalue weighted by Gasteiger charge is -2.09. The molecule has 4 aromatic rings. The Morgan fingerprint density at radius 1 is 1.21 bits per heavy atom. The number of tetrazole rings is 1. The monoisotopic (exact) mass is 426 g/mol. The molecule has 0 radical (unpaired) electrons. The van der Waals surface area contributed by atoms with Crippen molar-refractivity contribution in [3.05, 3.63) is 51.9 Å². The molecule has 13 heteroatoms. The van der Waals surface area contributed by atoms with E-state index in [1.54, 1.807) is 11.4 Å². The molecule has 1 N–H and O–H groups in total. The van der Waals surface area contributed by atoms with Gasteiger partial charge >= 0.3 is 6.36 Å². The van der Waals surface area contributed by atoms with Crippen LogP contribution in [0.5, 0.6) is 5.75 Å². The van der Waals surface area contributed by atoms with Crippen LogP contribution in [0.2, 0.25) is 0 Å². The lowest BCUT2D eigenvalue weighted by molar-refractivity contribution is -0.274. The second-order valence-corrected chi connectivity index (χ2v) is 7.21. The van der Waals surface area contributed by atoms with Crippen LogP contribution in [0.25, 0.3) is 15.9 Å². The Morgan fingerprint density at radius 2 is 2.00 bits per heavy atom. The summed E-state index contributed by atoms with van der Waals surface area (Å²) in [6.07, 6.45) is -4.76. The van der Waals surface area contributed by atoms with Crippen molar-refractivity contribution in [2.75, 3.05) is 0 Å². The minimum Gasteiger partial charge on any atom is -0.406 e. The summed E-state index contributed by atoms with van der Waals surface area (Å²) in [5.74, 6) is 0.421. The van der Waals surface area contributed by atoms with Gasteiger partial charge in [0, 0.05) is 0 Å². The van der Waals surface area contributed by atoms with Crippen LogP contribution in [0.3, 0.4) is 0 Å². The van der Waals surface area contributed by atoms with Gasteiger partial charge in [0.15, 0.2) is 0 Å². The summed E-state index contributed by atoms with van der Waals surface area (Å²) >= 11 is 2.53. The summed E-state index contributed by atoms with van der Waals surface area (Å²) in [4.78, 5) is 19.1. The molecule has 28 heavy (non-hydrogen) atoms. The highest BCUT2D eigenvalue weighted by Gasteiger charge is 2.31. The van der Waals surface area contributed by atoms with Gasteiger partial charge in [-0.25, -0.2) is 4.98 Å². The van der Waals surface area contributed by atoms with Crippen LogP contribution >= 0.6 is 23.1 Å². The predicted molar refractivity (Wildman–Crippen MR) is 95.6 cm³/mol. The molecule has 0 unspecified atom stereocenters. The number of benzene rings is 1. The van der Waals surface area contributed by atoms with E-state index in [4.69, 9.17) is 0 Å². The molecule has 0 saturated heterocycles. The first-order chi connectivity index (χ1) is 13.4. The summed E-state index contributed by atoms with van der Waals surface area (Å²) in [6.45, 7) is 0. The summed E-state index contributed by atoms with van der Waals surface area (Å²) in [7, 11) is 0. The number of hydrogen-bond donors (Lipinski definition) is 1. The zero-order valence-electron chi connectivity index (χ0n) is 13.7. The Balaban J connectivity index is 1.51. The molecular weight excluding hydrogens is 417 g/mol. The van der Waals surface area contributed by atoms with Crippen molar-refractivity contribution < 1.29 is 17.9 Å². The van der Waals surface area contributed by atoms with E-state index in [1.807, 2.05) is 0 Å². The summed E-state index contributed by atoms with van der Waals surface area (Å²) in [5.41, 5.74) is 0.858. The Bertz CT molecular complexity index is 1170. The van der Waals surface area contributed by atoms with Gasteiger partial charge < -0.3 is 9.72 Å². The maximum Gasteiger partial charge on any atom is 0.573 e. The molecule has 0 spiro atoms. The van der Waals surface area contributed by atoms with Gasteiger partial charge in [-0.3, -0.25) is 4.79 Å². The van der Waals surface area contributed by atoms with Crippen molar-refractivity contribution >= 4 is 33.3 Å². The third-order valence-corrected chi connectivity index (χ3v) is 5.29. The van der Waals surface area contributed by atoms with Gasteiger partial charge in [-0.1, -0.05) is 11.8 Å². The second-order valence-electron chi connectivity index (χ2n) is 5.35. The van der Waals surface area contributed by atoms with Crippen molar-refractivity contribution in [2.24, 2.45) is 0 Å². The van der Waals surface area contributed by atoms with E-state index in [9.17, 15) is 18.0 Å². The van der Waals surface area contributed by atoms with Crippen LogP contribution in [-0.4, -0.2) is 36.5 Å². The molecule has 4 rings (SSSR count). The minimum atomic E-state index is -4.76. The van der Waals surface area contributed by atoms with Gasteiger partial charge in [-0.2, -0.15) is 4.68 Å². The maximum absolute atomic E-state index is 12.3. The second kappa shape index (κ2) is 7.24. The molecule has 0 aliphatic carbocycles. The van der Waals surface area contributed by atoms with E-state index in [2.05, 4.69) is 30.2 Å². The fourth-order valence-corrected chi connectivity index (χ4v) is 3.83. The number of aromatic amines is 1. The Morgan fingerprint density at radius 3 is 2.75 bits per heavy atom. The molecule has 0 amide bonds. The zero-order valence-corrected chi connectivity index (χ0v) is 15.3. The fraction of sp³-hybridized carbons (Fsp3) is 0.133. The molecule has 0 saturated carbocycles. The zero-order chi connectivity index (χ0) is 19.7. The lowest BCUT2D eigenvalue weighted by Crippen LogP contribution is -2.17. The van der Waals surface area contributed by atoms with Crippen molar-refractivity contribution in [3.8, 4) is 11.4 Å². The number of aromatic nitrogens is 6. The highest BCUT2D eigenvalue weighted by atomic mass is 32.2. The molecule has 144 valence electrons. The van der Waals surface area contributed by atoms with E-state index in [1.165, 1.54) is 52.0 Å². The highest BCUT2D eigenvalue weighted by Crippen LogP contribution is 2.26. The van der Waals surface area contributed by atoms with Gasteiger partial charge in [0.25, 0.3) is 5.56 Å². The average Bonchev–Trinajstić information content (AvgIpc) is 3.28. The number of nitrogens with one attached hydrogen (secondary N) is 1. The smallest absolute Gasteiger partial charge is 0.406 e. The number of nitrogens with zero attached hydrogens (tertiary/aromatic N) is 5. The van der Waals surface area contributed by atoms with Gasteiger partial charge in [0.1, 0.15) is 16.3 Å². The normalized spacial score (nSPS) is 11.8. The fourth-order valence-electron chi connectivity index (χ4n) is 2.34. The predicted octanol–water partition coefficient (Wildman–Crippen LogP) is 3.15. The van der Waals surface area contributed by atoms with Crippen molar-refractivity contribution in [1.82, 2.24) is 30.2 Å². The van der Waals surface area contributed by atoms with Crippen LogP contribution < -0.4 is 10.3 Å². The van der Waals surface area contributed by atoms with Gasteiger partial charge in [-0.05, 0) is 46.1 Å². The Labute approximate surface area is 162 Å². The van der Waals surface area contributed by atoms with E-state index in [0.717, 1.165) is 0 Å². The molecular formula is C15H9F3N6O2S2. The molecule has 0 fully saturated rings. The number of fused-ring (bicyclic) bond motifs is 1. The lowest BCUT2D eigenvalue weighted by atomic mass is 10.3. The highest BCUT2D eigenvalue weighted by molar-refractivity contribution is 7.98.